The Balaban J connectivity index is 1.82. The van der Waals surface area contributed by atoms with Gasteiger partial charge in [-0.25, -0.2) is 0 Å². The molecule has 3 heteroatoms. The van der Waals surface area contributed by atoms with Crippen molar-refractivity contribution < 1.29 is 0 Å². The fourth-order valence-electron chi connectivity index (χ4n) is 3.15. The minimum absolute atomic E-state index is 0.319. The van der Waals surface area contributed by atoms with E-state index in [0.717, 1.165) is 27.9 Å². The van der Waals surface area contributed by atoms with Crippen molar-refractivity contribution in [2.45, 2.75) is 52.0 Å². The van der Waals surface area contributed by atoms with Crippen LogP contribution in [0.3, 0.4) is 0 Å². The van der Waals surface area contributed by atoms with Crippen LogP contribution >= 0.6 is 27.5 Å². The summed E-state index contributed by atoms with van der Waals surface area (Å²) in [6.45, 7) is 5.64. The molecule has 0 saturated heterocycles. The summed E-state index contributed by atoms with van der Waals surface area (Å²) in [6.07, 6.45) is 6.94. The highest BCUT2D eigenvalue weighted by atomic mass is 79.9. The van der Waals surface area contributed by atoms with Gasteiger partial charge >= 0.3 is 0 Å². The molecule has 1 saturated carbocycles. The van der Waals surface area contributed by atoms with Gasteiger partial charge in [-0.2, -0.15) is 0 Å². The molecule has 1 fully saturated rings. The second-order valence-corrected chi connectivity index (χ2v) is 7.41. The van der Waals surface area contributed by atoms with Crippen molar-refractivity contribution in [1.29, 1.82) is 0 Å². The van der Waals surface area contributed by atoms with E-state index in [4.69, 9.17) is 11.6 Å². The van der Waals surface area contributed by atoms with E-state index < -0.39 is 0 Å². The van der Waals surface area contributed by atoms with Gasteiger partial charge in [0.2, 0.25) is 0 Å². The molecule has 0 heterocycles. The molecule has 1 N–H and O–H groups in total. The van der Waals surface area contributed by atoms with Gasteiger partial charge in [-0.3, -0.25) is 0 Å². The Kier molecular flexibility index (Phi) is 6.38. The van der Waals surface area contributed by atoms with Gasteiger partial charge in [0.15, 0.2) is 0 Å². The number of halogens is 2. The van der Waals surface area contributed by atoms with Crippen molar-refractivity contribution in [3.8, 4) is 0 Å². The third-order valence-corrected chi connectivity index (χ3v) is 5.51. The zero-order valence-corrected chi connectivity index (χ0v) is 14.8. The fraction of sp³-hybridized carbons (Fsp3) is 0.647. The van der Waals surface area contributed by atoms with Gasteiger partial charge in [0.1, 0.15) is 0 Å². The van der Waals surface area contributed by atoms with Crippen LogP contribution in [0.25, 0.3) is 0 Å². The molecule has 0 radical (unpaired) electrons. The Labute approximate surface area is 136 Å². The van der Waals surface area contributed by atoms with E-state index in [9.17, 15) is 0 Å². The molecule has 2 rings (SSSR count). The van der Waals surface area contributed by atoms with Gasteiger partial charge in [-0.05, 0) is 55.8 Å². The van der Waals surface area contributed by atoms with Crippen LogP contribution in [0, 0.1) is 11.8 Å². The van der Waals surface area contributed by atoms with Crippen LogP contribution in [0.4, 0.5) is 0 Å². The Bertz CT molecular complexity index is 427. The van der Waals surface area contributed by atoms with Crippen molar-refractivity contribution in [3.05, 3.63) is 33.3 Å². The molecule has 1 nitrogen and oxygen atoms in total. The molecular formula is C17H25BrClN. The lowest BCUT2D eigenvalue weighted by atomic mass is 9.81. The predicted octanol–water partition coefficient (Wildman–Crippen LogP) is 5.97. The smallest absolute Gasteiger partial charge is 0.0464 e. The second kappa shape index (κ2) is 7.82. The summed E-state index contributed by atoms with van der Waals surface area (Å²) in [5.41, 5.74) is 1.19. The van der Waals surface area contributed by atoms with E-state index in [1.807, 2.05) is 6.07 Å². The van der Waals surface area contributed by atoms with E-state index in [2.05, 4.69) is 47.2 Å². The maximum absolute atomic E-state index is 6.31. The topological polar surface area (TPSA) is 12.0 Å². The zero-order chi connectivity index (χ0) is 14.5. The first-order chi connectivity index (χ1) is 9.60. The van der Waals surface area contributed by atoms with Crippen molar-refractivity contribution in [3.63, 3.8) is 0 Å². The number of hydrogen-bond acceptors (Lipinski definition) is 1. The van der Waals surface area contributed by atoms with Crippen molar-refractivity contribution in [2.75, 3.05) is 6.54 Å². The highest BCUT2D eigenvalue weighted by molar-refractivity contribution is 9.10. The Morgan fingerprint density at radius 2 is 1.90 bits per heavy atom. The van der Waals surface area contributed by atoms with Crippen LogP contribution in [0.15, 0.2) is 22.7 Å². The maximum atomic E-state index is 6.31. The molecule has 1 aromatic carbocycles. The number of hydrogen-bond donors (Lipinski definition) is 1. The predicted molar refractivity (Wildman–Crippen MR) is 91.3 cm³/mol. The van der Waals surface area contributed by atoms with Gasteiger partial charge in [-0.15, -0.1) is 0 Å². The van der Waals surface area contributed by atoms with Gasteiger partial charge in [0, 0.05) is 15.5 Å². The average Bonchev–Trinajstić information content (AvgIpc) is 2.45. The SMILES string of the molecule is CCC1CCC(CNC(C)c2ccc(Br)cc2Cl)CC1. The molecule has 0 spiro atoms. The van der Waals surface area contributed by atoms with E-state index >= 15 is 0 Å². The van der Waals surface area contributed by atoms with Gasteiger partial charge < -0.3 is 5.32 Å². The summed E-state index contributed by atoms with van der Waals surface area (Å²) in [5, 5.41) is 4.50. The van der Waals surface area contributed by atoms with Crippen LogP contribution in [0.2, 0.25) is 5.02 Å². The fourth-order valence-corrected chi connectivity index (χ4v) is 3.99. The van der Waals surface area contributed by atoms with Crippen LogP contribution in [0.5, 0.6) is 0 Å². The highest BCUT2D eigenvalue weighted by Crippen LogP contribution is 2.31. The first kappa shape index (κ1) is 16.3. The minimum atomic E-state index is 0.319. The molecule has 1 aliphatic carbocycles. The standard InChI is InChI=1S/C17H25BrClN/c1-3-13-4-6-14(7-5-13)11-20-12(2)16-9-8-15(18)10-17(16)19/h8-10,12-14,20H,3-7,11H2,1-2H3. The van der Waals surface area contributed by atoms with Crippen LogP contribution < -0.4 is 5.32 Å². The monoisotopic (exact) mass is 357 g/mol. The summed E-state index contributed by atoms with van der Waals surface area (Å²) in [6, 6.07) is 6.46. The summed E-state index contributed by atoms with van der Waals surface area (Å²) in [7, 11) is 0. The molecule has 0 aliphatic heterocycles. The molecule has 20 heavy (non-hydrogen) atoms. The highest BCUT2D eigenvalue weighted by Gasteiger charge is 2.20. The lowest BCUT2D eigenvalue weighted by molar-refractivity contribution is 0.258. The Morgan fingerprint density at radius 3 is 2.50 bits per heavy atom. The van der Waals surface area contributed by atoms with Crippen LogP contribution in [0.1, 0.15) is 57.6 Å². The van der Waals surface area contributed by atoms with Crippen molar-refractivity contribution >= 4 is 27.5 Å². The van der Waals surface area contributed by atoms with E-state index in [1.165, 1.54) is 37.7 Å². The molecule has 1 atom stereocenters. The summed E-state index contributed by atoms with van der Waals surface area (Å²) in [5.74, 6) is 1.82. The third kappa shape index (κ3) is 4.47. The minimum Gasteiger partial charge on any atom is -0.310 e. The third-order valence-electron chi connectivity index (χ3n) is 4.69. The molecule has 0 bridgehead atoms. The van der Waals surface area contributed by atoms with Crippen molar-refractivity contribution in [1.82, 2.24) is 5.32 Å². The van der Waals surface area contributed by atoms with Gasteiger partial charge in [0.05, 0.1) is 0 Å². The average molecular weight is 359 g/mol. The lowest BCUT2D eigenvalue weighted by Gasteiger charge is -2.29. The molecule has 1 unspecified atom stereocenters. The molecular weight excluding hydrogens is 334 g/mol. The number of nitrogens with one attached hydrogen (secondary N) is 1. The molecule has 1 aliphatic rings. The van der Waals surface area contributed by atoms with Crippen LogP contribution in [-0.4, -0.2) is 6.54 Å². The summed E-state index contributed by atoms with van der Waals surface area (Å²) < 4.78 is 1.04. The van der Waals surface area contributed by atoms with E-state index in [1.54, 1.807) is 0 Å². The second-order valence-electron chi connectivity index (χ2n) is 6.09. The van der Waals surface area contributed by atoms with Crippen LogP contribution in [-0.2, 0) is 0 Å². The van der Waals surface area contributed by atoms with E-state index in [0.29, 0.717) is 6.04 Å². The molecule has 112 valence electrons. The quantitative estimate of drug-likeness (QED) is 0.683. The largest absolute Gasteiger partial charge is 0.310 e. The summed E-state index contributed by atoms with van der Waals surface area (Å²) >= 11 is 9.77. The Hall–Kier alpha value is -0.0500. The Morgan fingerprint density at radius 1 is 1.25 bits per heavy atom. The first-order valence-corrected chi connectivity index (χ1v) is 8.95. The number of rotatable bonds is 5. The molecule has 0 aromatic heterocycles. The van der Waals surface area contributed by atoms with E-state index in [-0.39, 0.29) is 0 Å². The first-order valence-electron chi connectivity index (χ1n) is 7.78. The molecule has 1 aromatic rings. The maximum Gasteiger partial charge on any atom is 0.0464 e. The number of benzene rings is 1. The summed E-state index contributed by atoms with van der Waals surface area (Å²) in [4.78, 5) is 0. The zero-order valence-electron chi connectivity index (χ0n) is 12.5. The van der Waals surface area contributed by atoms with Crippen molar-refractivity contribution in [2.24, 2.45) is 11.8 Å². The molecule has 0 amide bonds. The van der Waals surface area contributed by atoms with Gasteiger partial charge in [0.25, 0.3) is 0 Å². The lowest BCUT2D eigenvalue weighted by Crippen LogP contribution is -2.28. The normalized spacial score (nSPS) is 24.6. The van der Waals surface area contributed by atoms with Gasteiger partial charge in [-0.1, -0.05) is 59.8 Å².